The summed E-state index contributed by atoms with van der Waals surface area (Å²) in [5.74, 6) is -0.420. The van der Waals surface area contributed by atoms with Gasteiger partial charge in [-0.3, -0.25) is 4.68 Å². The molecule has 2 heterocycles. The largest absolute Gasteiger partial charge is 0.477 e. The van der Waals surface area contributed by atoms with E-state index in [2.05, 4.69) is 11.2 Å². The lowest BCUT2D eigenvalue weighted by atomic mass is 10.2. The van der Waals surface area contributed by atoms with Crippen LogP contribution in [0.1, 0.15) is 40.5 Å². The van der Waals surface area contributed by atoms with Gasteiger partial charge in [0.15, 0.2) is 0 Å². The molecule has 0 radical (unpaired) electrons. The minimum Gasteiger partial charge on any atom is -0.477 e. The number of aryl methyl sites for hydroxylation is 1. The van der Waals surface area contributed by atoms with Gasteiger partial charge in [0.25, 0.3) is 0 Å². The van der Waals surface area contributed by atoms with Gasteiger partial charge in [0.1, 0.15) is 9.71 Å². The van der Waals surface area contributed by atoms with Crippen LogP contribution < -0.4 is 0 Å². The molecule has 1 aliphatic rings. The van der Waals surface area contributed by atoms with Gasteiger partial charge in [-0.1, -0.05) is 0 Å². The van der Waals surface area contributed by atoms with Crippen molar-refractivity contribution >= 4 is 27.5 Å². The summed E-state index contributed by atoms with van der Waals surface area (Å²) < 4.78 is 1.78. The first-order valence-electron chi connectivity index (χ1n) is 5.81. The summed E-state index contributed by atoms with van der Waals surface area (Å²) in [5.41, 5.74) is 1.01. The number of hydrogen-bond acceptors (Lipinski definition) is 4. The third-order valence-corrected chi connectivity index (χ3v) is 4.20. The third-order valence-electron chi connectivity index (χ3n) is 3.06. The predicted molar refractivity (Wildman–Crippen MR) is 66.8 cm³/mol. The summed E-state index contributed by atoms with van der Waals surface area (Å²) in [6, 6.07) is 3.81. The molecular formula is C12H11N3O2S. The second-order valence-electron chi connectivity index (χ2n) is 4.43. The number of carboxylic acids is 1. The molecule has 1 fully saturated rings. The summed E-state index contributed by atoms with van der Waals surface area (Å²) in [5, 5.41) is 23.2. The highest BCUT2D eigenvalue weighted by Crippen LogP contribution is 2.44. The Morgan fingerprint density at radius 3 is 3.06 bits per heavy atom. The van der Waals surface area contributed by atoms with Gasteiger partial charge in [0, 0.05) is 11.3 Å². The van der Waals surface area contributed by atoms with Crippen LogP contribution in [0.15, 0.2) is 6.07 Å². The standard InChI is InChI=1S/C12H11N3O2S/c13-4-1-5-15-11-8(6-9(18-11)12(16)17)10(14-15)7-2-3-7/h6-7H,1-3,5H2,(H,16,17). The van der Waals surface area contributed by atoms with Crippen LogP contribution >= 0.6 is 11.3 Å². The molecule has 0 spiro atoms. The fraction of sp³-hybridized carbons (Fsp3) is 0.417. The average molecular weight is 261 g/mol. The Hall–Kier alpha value is -1.87. The van der Waals surface area contributed by atoms with Gasteiger partial charge in [0.05, 0.1) is 24.7 Å². The number of carbonyl (C=O) groups is 1. The summed E-state index contributed by atoms with van der Waals surface area (Å²) in [6.07, 6.45) is 2.65. The number of carboxylic acid groups (broad SMARTS) is 1. The monoisotopic (exact) mass is 261 g/mol. The molecule has 0 amide bonds. The number of fused-ring (bicyclic) bond motifs is 1. The van der Waals surface area contributed by atoms with Crippen LogP contribution in [0.3, 0.4) is 0 Å². The molecule has 0 unspecified atom stereocenters. The summed E-state index contributed by atoms with van der Waals surface area (Å²) in [7, 11) is 0. The van der Waals surface area contributed by atoms with Gasteiger partial charge in [-0.05, 0) is 18.9 Å². The average Bonchev–Trinajstić information content (AvgIpc) is 2.98. The Morgan fingerprint density at radius 1 is 1.67 bits per heavy atom. The van der Waals surface area contributed by atoms with Crippen LogP contribution in [-0.2, 0) is 6.54 Å². The Morgan fingerprint density at radius 2 is 2.44 bits per heavy atom. The van der Waals surface area contributed by atoms with E-state index in [1.807, 2.05) is 0 Å². The smallest absolute Gasteiger partial charge is 0.345 e. The highest BCUT2D eigenvalue weighted by Gasteiger charge is 2.30. The van der Waals surface area contributed by atoms with E-state index in [0.717, 1.165) is 28.8 Å². The van der Waals surface area contributed by atoms with Gasteiger partial charge in [-0.15, -0.1) is 11.3 Å². The molecule has 6 heteroatoms. The van der Waals surface area contributed by atoms with Gasteiger partial charge in [-0.25, -0.2) is 4.79 Å². The summed E-state index contributed by atoms with van der Waals surface area (Å²) in [6.45, 7) is 0.527. The van der Waals surface area contributed by atoms with Crippen LogP contribution in [0, 0.1) is 11.3 Å². The summed E-state index contributed by atoms with van der Waals surface area (Å²) >= 11 is 1.24. The number of thiophene rings is 1. The maximum Gasteiger partial charge on any atom is 0.345 e. The van der Waals surface area contributed by atoms with Gasteiger partial charge >= 0.3 is 5.97 Å². The molecule has 0 aromatic carbocycles. The van der Waals surface area contributed by atoms with E-state index in [-0.39, 0.29) is 0 Å². The van der Waals surface area contributed by atoms with Crippen molar-refractivity contribution in [1.29, 1.82) is 5.26 Å². The van der Waals surface area contributed by atoms with Crippen LogP contribution in [0.5, 0.6) is 0 Å². The molecule has 0 aliphatic heterocycles. The van der Waals surface area contributed by atoms with E-state index >= 15 is 0 Å². The van der Waals surface area contributed by atoms with Crippen LogP contribution in [0.2, 0.25) is 0 Å². The molecule has 1 saturated carbocycles. The highest BCUT2D eigenvalue weighted by atomic mass is 32.1. The Bertz CT molecular complexity index is 661. The first-order chi connectivity index (χ1) is 8.70. The zero-order chi connectivity index (χ0) is 12.7. The number of hydrogen-bond donors (Lipinski definition) is 1. The van der Waals surface area contributed by atoms with E-state index in [9.17, 15) is 4.79 Å². The van der Waals surface area contributed by atoms with E-state index in [4.69, 9.17) is 10.4 Å². The molecule has 5 nitrogen and oxygen atoms in total. The van der Waals surface area contributed by atoms with Crippen molar-refractivity contribution in [3.8, 4) is 6.07 Å². The molecule has 0 bridgehead atoms. The second kappa shape index (κ2) is 4.10. The zero-order valence-corrected chi connectivity index (χ0v) is 10.4. The lowest BCUT2D eigenvalue weighted by molar-refractivity contribution is 0.0702. The highest BCUT2D eigenvalue weighted by molar-refractivity contribution is 7.20. The van der Waals surface area contributed by atoms with E-state index < -0.39 is 5.97 Å². The molecule has 2 aromatic heterocycles. The van der Waals surface area contributed by atoms with Crippen LogP contribution in [0.25, 0.3) is 10.2 Å². The first-order valence-corrected chi connectivity index (χ1v) is 6.63. The minimum absolute atomic E-state index is 0.343. The van der Waals surface area contributed by atoms with Crippen molar-refractivity contribution in [2.75, 3.05) is 0 Å². The minimum atomic E-state index is -0.898. The maximum absolute atomic E-state index is 11.0. The number of rotatable bonds is 4. The number of aromatic carboxylic acids is 1. The van der Waals surface area contributed by atoms with E-state index in [1.165, 1.54) is 11.3 Å². The van der Waals surface area contributed by atoms with Crippen LogP contribution in [0.4, 0.5) is 0 Å². The van der Waals surface area contributed by atoms with E-state index in [1.54, 1.807) is 10.7 Å². The van der Waals surface area contributed by atoms with Crippen molar-refractivity contribution in [2.45, 2.75) is 31.7 Å². The molecule has 1 N–H and O–H groups in total. The van der Waals surface area contributed by atoms with Crippen molar-refractivity contribution in [3.63, 3.8) is 0 Å². The first kappa shape index (κ1) is 11.2. The van der Waals surface area contributed by atoms with Gasteiger partial charge in [0.2, 0.25) is 0 Å². The van der Waals surface area contributed by atoms with Crippen molar-refractivity contribution in [2.24, 2.45) is 0 Å². The quantitative estimate of drug-likeness (QED) is 0.917. The fourth-order valence-corrected chi connectivity index (χ4v) is 3.04. The second-order valence-corrected chi connectivity index (χ2v) is 5.46. The zero-order valence-electron chi connectivity index (χ0n) is 9.59. The Kier molecular flexibility index (Phi) is 2.56. The van der Waals surface area contributed by atoms with Gasteiger partial charge < -0.3 is 5.11 Å². The van der Waals surface area contributed by atoms with Crippen molar-refractivity contribution < 1.29 is 9.90 Å². The van der Waals surface area contributed by atoms with Gasteiger partial charge in [-0.2, -0.15) is 10.4 Å². The van der Waals surface area contributed by atoms with Crippen molar-refractivity contribution in [1.82, 2.24) is 9.78 Å². The Balaban J connectivity index is 2.10. The molecule has 3 rings (SSSR count). The van der Waals surface area contributed by atoms with Crippen LogP contribution in [-0.4, -0.2) is 20.9 Å². The number of nitrogens with zero attached hydrogens (tertiary/aromatic N) is 3. The topological polar surface area (TPSA) is 78.9 Å². The SMILES string of the molecule is N#CCCn1nc(C2CC2)c2cc(C(=O)O)sc21. The molecule has 18 heavy (non-hydrogen) atoms. The molecule has 0 saturated heterocycles. The molecular weight excluding hydrogens is 250 g/mol. The summed E-state index contributed by atoms with van der Waals surface area (Å²) in [4.78, 5) is 12.2. The molecule has 2 aromatic rings. The van der Waals surface area contributed by atoms with Crippen molar-refractivity contribution in [3.05, 3.63) is 16.6 Å². The molecule has 0 atom stereocenters. The fourth-order valence-electron chi connectivity index (χ4n) is 2.06. The maximum atomic E-state index is 11.0. The molecule has 1 aliphatic carbocycles. The predicted octanol–water partition coefficient (Wildman–Crippen LogP) is 2.59. The normalized spacial score (nSPS) is 14.8. The number of nitriles is 1. The Labute approximate surface area is 107 Å². The third kappa shape index (κ3) is 1.77. The molecule has 92 valence electrons. The lowest BCUT2D eigenvalue weighted by Gasteiger charge is -1.96. The van der Waals surface area contributed by atoms with E-state index in [0.29, 0.717) is 23.8 Å². The number of aromatic nitrogens is 2. The lowest BCUT2D eigenvalue weighted by Crippen LogP contribution is -1.99.